The van der Waals surface area contributed by atoms with E-state index in [1.54, 1.807) is 0 Å². The standard InChI is InChI=1S/C5H7NO.ClH/c1-4-3-5(2)7-6-4;/h3H,1-2H3;1H. The van der Waals surface area contributed by atoms with Crippen LogP contribution in [0.2, 0.25) is 0 Å². The molecule has 0 saturated carbocycles. The zero-order chi connectivity index (χ0) is 5.28. The van der Waals surface area contributed by atoms with Gasteiger partial charge in [-0.1, -0.05) is 5.16 Å². The van der Waals surface area contributed by atoms with Crippen LogP contribution in [0.1, 0.15) is 11.5 Å². The van der Waals surface area contributed by atoms with Crippen LogP contribution in [-0.4, -0.2) is 5.16 Å². The van der Waals surface area contributed by atoms with Crippen LogP contribution in [-0.2, 0) is 0 Å². The Bertz CT molecular complexity index is 145. The highest BCUT2D eigenvalue weighted by Crippen LogP contribution is 1.96. The molecule has 0 unspecified atom stereocenters. The molecule has 1 rings (SSSR count). The van der Waals surface area contributed by atoms with Crippen molar-refractivity contribution in [1.29, 1.82) is 0 Å². The monoisotopic (exact) mass is 133 g/mol. The van der Waals surface area contributed by atoms with Crippen molar-refractivity contribution in [2.75, 3.05) is 0 Å². The average Bonchev–Trinajstić information content (AvgIpc) is 1.87. The topological polar surface area (TPSA) is 26.0 Å². The summed E-state index contributed by atoms with van der Waals surface area (Å²) >= 11 is 0. The van der Waals surface area contributed by atoms with Gasteiger partial charge in [0.25, 0.3) is 0 Å². The summed E-state index contributed by atoms with van der Waals surface area (Å²) in [7, 11) is 0. The van der Waals surface area contributed by atoms with E-state index in [4.69, 9.17) is 4.52 Å². The lowest BCUT2D eigenvalue weighted by Gasteiger charge is -1.65. The third-order valence-electron chi connectivity index (χ3n) is 0.746. The molecule has 1 aromatic heterocycles. The number of aryl methyl sites for hydroxylation is 2. The Morgan fingerprint density at radius 1 is 1.50 bits per heavy atom. The zero-order valence-electron chi connectivity index (χ0n) is 4.84. The number of hydrogen-bond donors (Lipinski definition) is 0. The first-order valence-corrected chi connectivity index (χ1v) is 2.19. The number of halogens is 1. The van der Waals surface area contributed by atoms with Crippen LogP contribution < -0.4 is 0 Å². The normalized spacial score (nSPS) is 8.25. The lowest BCUT2D eigenvalue weighted by molar-refractivity contribution is 0.393. The van der Waals surface area contributed by atoms with Crippen molar-refractivity contribution >= 4 is 12.4 Å². The molecular formula is C5H8ClNO. The highest BCUT2D eigenvalue weighted by atomic mass is 35.5. The second-order valence-corrected chi connectivity index (χ2v) is 1.58. The van der Waals surface area contributed by atoms with E-state index < -0.39 is 0 Å². The van der Waals surface area contributed by atoms with Crippen molar-refractivity contribution < 1.29 is 4.52 Å². The molecule has 1 heterocycles. The van der Waals surface area contributed by atoms with Crippen LogP contribution in [0.25, 0.3) is 0 Å². The maximum atomic E-state index is 4.71. The summed E-state index contributed by atoms with van der Waals surface area (Å²) in [6.07, 6.45) is 0. The van der Waals surface area contributed by atoms with Gasteiger partial charge in [0.1, 0.15) is 5.76 Å². The largest absolute Gasteiger partial charge is 0.361 e. The molecule has 0 aliphatic carbocycles. The minimum absolute atomic E-state index is 0. The Kier molecular flexibility index (Phi) is 2.55. The van der Waals surface area contributed by atoms with Crippen LogP contribution in [0.5, 0.6) is 0 Å². The van der Waals surface area contributed by atoms with Crippen molar-refractivity contribution in [1.82, 2.24) is 5.16 Å². The molecule has 0 radical (unpaired) electrons. The summed E-state index contributed by atoms with van der Waals surface area (Å²) in [4.78, 5) is 0. The first kappa shape index (κ1) is 7.50. The number of rotatable bonds is 0. The number of hydrogen-bond acceptors (Lipinski definition) is 2. The predicted octanol–water partition coefficient (Wildman–Crippen LogP) is 1.71. The van der Waals surface area contributed by atoms with Crippen molar-refractivity contribution in [3.05, 3.63) is 17.5 Å². The molecule has 46 valence electrons. The lowest BCUT2D eigenvalue weighted by Crippen LogP contribution is -1.59. The van der Waals surface area contributed by atoms with Gasteiger partial charge in [0, 0.05) is 6.07 Å². The van der Waals surface area contributed by atoms with Gasteiger partial charge in [0.2, 0.25) is 0 Å². The van der Waals surface area contributed by atoms with Crippen LogP contribution in [0.4, 0.5) is 0 Å². The molecule has 8 heavy (non-hydrogen) atoms. The molecule has 0 spiro atoms. The number of aromatic nitrogens is 1. The van der Waals surface area contributed by atoms with E-state index in [1.165, 1.54) is 0 Å². The van der Waals surface area contributed by atoms with Gasteiger partial charge in [-0.25, -0.2) is 0 Å². The Hall–Kier alpha value is -0.500. The first-order valence-electron chi connectivity index (χ1n) is 2.19. The quantitative estimate of drug-likeness (QED) is 0.539. The Morgan fingerprint density at radius 2 is 2.12 bits per heavy atom. The fourth-order valence-electron chi connectivity index (χ4n) is 0.491. The first-order chi connectivity index (χ1) is 3.29. The number of nitrogens with zero attached hydrogens (tertiary/aromatic N) is 1. The molecule has 0 N–H and O–H groups in total. The second kappa shape index (κ2) is 2.72. The third-order valence-corrected chi connectivity index (χ3v) is 0.746. The van der Waals surface area contributed by atoms with Gasteiger partial charge in [-0.3, -0.25) is 0 Å². The highest BCUT2D eigenvalue weighted by Gasteiger charge is 1.88. The summed E-state index contributed by atoms with van der Waals surface area (Å²) in [5.41, 5.74) is 0.942. The minimum atomic E-state index is 0. The van der Waals surface area contributed by atoms with Crippen molar-refractivity contribution in [3.63, 3.8) is 0 Å². The molecule has 3 heteroatoms. The molecule has 0 amide bonds. The minimum Gasteiger partial charge on any atom is -0.361 e. The summed E-state index contributed by atoms with van der Waals surface area (Å²) in [6.45, 7) is 3.77. The maximum Gasteiger partial charge on any atom is 0.133 e. The van der Waals surface area contributed by atoms with E-state index in [2.05, 4.69) is 5.16 Å². The second-order valence-electron chi connectivity index (χ2n) is 1.58. The van der Waals surface area contributed by atoms with Gasteiger partial charge in [0.15, 0.2) is 0 Å². The van der Waals surface area contributed by atoms with Gasteiger partial charge in [-0.05, 0) is 13.8 Å². The van der Waals surface area contributed by atoms with Crippen LogP contribution in [0.15, 0.2) is 10.6 Å². The molecule has 1 aromatic rings. The lowest BCUT2D eigenvalue weighted by atomic mass is 10.4. The van der Waals surface area contributed by atoms with E-state index in [1.807, 2.05) is 19.9 Å². The van der Waals surface area contributed by atoms with E-state index in [-0.39, 0.29) is 12.4 Å². The fraction of sp³-hybridized carbons (Fsp3) is 0.400. The highest BCUT2D eigenvalue weighted by molar-refractivity contribution is 5.85. The van der Waals surface area contributed by atoms with E-state index >= 15 is 0 Å². The molecule has 0 aromatic carbocycles. The predicted molar refractivity (Wildman–Crippen MR) is 33.2 cm³/mol. The molecule has 0 fully saturated rings. The van der Waals surface area contributed by atoms with Crippen molar-refractivity contribution in [2.24, 2.45) is 0 Å². The van der Waals surface area contributed by atoms with E-state index in [0.717, 1.165) is 11.5 Å². The molecule has 0 aliphatic rings. The van der Waals surface area contributed by atoms with Crippen molar-refractivity contribution in [3.8, 4) is 0 Å². The summed E-state index contributed by atoms with van der Waals surface area (Å²) < 4.78 is 4.71. The zero-order valence-corrected chi connectivity index (χ0v) is 5.66. The molecule has 0 saturated heterocycles. The molecule has 2 nitrogen and oxygen atoms in total. The maximum absolute atomic E-state index is 4.71. The Labute approximate surface area is 54.3 Å². The summed E-state index contributed by atoms with van der Waals surface area (Å²) in [5, 5.41) is 3.64. The van der Waals surface area contributed by atoms with Gasteiger partial charge >= 0.3 is 0 Å². The van der Waals surface area contributed by atoms with Gasteiger partial charge < -0.3 is 4.52 Å². The summed E-state index contributed by atoms with van der Waals surface area (Å²) in [5.74, 6) is 0.873. The van der Waals surface area contributed by atoms with Gasteiger partial charge in [0.05, 0.1) is 5.69 Å². The van der Waals surface area contributed by atoms with E-state index in [9.17, 15) is 0 Å². The molecule has 0 aliphatic heterocycles. The molecular weight excluding hydrogens is 126 g/mol. The van der Waals surface area contributed by atoms with Crippen LogP contribution in [0, 0.1) is 13.8 Å². The summed E-state index contributed by atoms with van der Waals surface area (Å²) in [6, 6.07) is 1.89. The van der Waals surface area contributed by atoms with E-state index in [0.29, 0.717) is 0 Å². The van der Waals surface area contributed by atoms with Crippen LogP contribution >= 0.6 is 12.4 Å². The van der Waals surface area contributed by atoms with Gasteiger partial charge in [-0.15, -0.1) is 12.4 Å². The average molecular weight is 134 g/mol. The Balaban J connectivity index is 0.000000490. The third kappa shape index (κ3) is 1.54. The van der Waals surface area contributed by atoms with Gasteiger partial charge in [-0.2, -0.15) is 0 Å². The molecule has 0 atom stereocenters. The van der Waals surface area contributed by atoms with Crippen LogP contribution in [0.3, 0.4) is 0 Å². The SMILES string of the molecule is Cc1cc(C)on1.Cl. The smallest absolute Gasteiger partial charge is 0.133 e. The van der Waals surface area contributed by atoms with Crippen molar-refractivity contribution in [2.45, 2.75) is 13.8 Å². The molecule has 0 bridgehead atoms. The Morgan fingerprint density at radius 3 is 2.25 bits per heavy atom. The fourth-order valence-corrected chi connectivity index (χ4v) is 0.491.